The SMILES string of the molecule is O=C(NO)C(Cc1ccccc1)NS(=O)(=O)c1ccc(Cl)cc1. The summed E-state index contributed by atoms with van der Waals surface area (Å²) in [6, 6.07) is 13.3. The Hall–Kier alpha value is -1.93. The maximum atomic E-state index is 12.3. The Bertz CT molecular complexity index is 764. The molecule has 0 saturated carbocycles. The molecule has 0 aromatic heterocycles. The van der Waals surface area contributed by atoms with Crippen molar-refractivity contribution in [2.75, 3.05) is 0 Å². The normalized spacial score (nSPS) is 12.6. The molecule has 23 heavy (non-hydrogen) atoms. The van der Waals surface area contributed by atoms with Gasteiger partial charge in [0.15, 0.2) is 0 Å². The lowest BCUT2D eigenvalue weighted by molar-refractivity contribution is -0.130. The van der Waals surface area contributed by atoms with Gasteiger partial charge in [0.1, 0.15) is 6.04 Å². The lowest BCUT2D eigenvalue weighted by Crippen LogP contribution is -2.47. The second-order valence-corrected chi connectivity index (χ2v) is 6.94. The van der Waals surface area contributed by atoms with Crippen LogP contribution in [0.15, 0.2) is 59.5 Å². The number of nitrogens with one attached hydrogen (secondary N) is 2. The van der Waals surface area contributed by atoms with Crippen LogP contribution in [-0.2, 0) is 21.2 Å². The van der Waals surface area contributed by atoms with E-state index < -0.39 is 22.0 Å². The first-order chi connectivity index (χ1) is 10.9. The fourth-order valence-electron chi connectivity index (χ4n) is 1.98. The third-order valence-corrected chi connectivity index (χ3v) is 4.87. The molecule has 0 spiro atoms. The molecule has 0 saturated heterocycles. The molecular weight excluding hydrogens is 340 g/mol. The highest BCUT2D eigenvalue weighted by Gasteiger charge is 2.25. The first-order valence-corrected chi connectivity index (χ1v) is 8.54. The maximum absolute atomic E-state index is 12.3. The van der Waals surface area contributed by atoms with Gasteiger partial charge in [-0.25, -0.2) is 13.9 Å². The van der Waals surface area contributed by atoms with Gasteiger partial charge in [-0.15, -0.1) is 0 Å². The molecule has 0 aliphatic carbocycles. The summed E-state index contributed by atoms with van der Waals surface area (Å²) in [5.41, 5.74) is 2.23. The Balaban J connectivity index is 2.23. The van der Waals surface area contributed by atoms with Crippen LogP contribution >= 0.6 is 11.6 Å². The average molecular weight is 355 g/mol. The van der Waals surface area contributed by atoms with Gasteiger partial charge in [-0.05, 0) is 36.2 Å². The number of halogens is 1. The predicted molar refractivity (Wildman–Crippen MR) is 85.6 cm³/mol. The molecule has 122 valence electrons. The number of rotatable bonds is 6. The van der Waals surface area contributed by atoms with E-state index in [1.54, 1.807) is 24.3 Å². The maximum Gasteiger partial charge on any atom is 0.261 e. The minimum absolute atomic E-state index is 0.0225. The van der Waals surface area contributed by atoms with Gasteiger partial charge in [-0.2, -0.15) is 4.72 Å². The number of carbonyl (C=O) groups is 1. The molecule has 6 nitrogen and oxygen atoms in total. The highest BCUT2D eigenvalue weighted by molar-refractivity contribution is 7.89. The minimum atomic E-state index is -3.93. The van der Waals surface area contributed by atoms with E-state index >= 15 is 0 Å². The number of hydroxylamine groups is 1. The first kappa shape index (κ1) is 17.4. The van der Waals surface area contributed by atoms with Crippen LogP contribution in [0.1, 0.15) is 5.56 Å². The monoisotopic (exact) mass is 354 g/mol. The largest absolute Gasteiger partial charge is 0.289 e. The fraction of sp³-hybridized carbons (Fsp3) is 0.133. The number of sulfonamides is 1. The fourth-order valence-corrected chi connectivity index (χ4v) is 3.31. The first-order valence-electron chi connectivity index (χ1n) is 6.68. The van der Waals surface area contributed by atoms with Crippen LogP contribution in [0.4, 0.5) is 0 Å². The molecule has 0 bridgehead atoms. The van der Waals surface area contributed by atoms with Crippen LogP contribution in [-0.4, -0.2) is 25.6 Å². The molecule has 8 heteroatoms. The van der Waals surface area contributed by atoms with Gasteiger partial charge in [-0.1, -0.05) is 41.9 Å². The Labute approximate surface area is 139 Å². The second-order valence-electron chi connectivity index (χ2n) is 4.79. The van der Waals surface area contributed by atoms with Crippen LogP contribution in [0.2, 0.25) is 5.02 Å². The van der Waals surface area contributed by atoms with Gasteiger partial charge in [0, 0.05) is 5.02 Å². The molecule has 2 rings (SSSR count). The Morgan fingerprint density at radius 2 is 1.70 bits per heavy atom. The van der Waals surface area contributed by atoms with Crippen molar-refractivity contribution < 1.29 is 18.4 Å². The highest BCUT2D eigenvalue weighted by Crippen LogP contribution is 2.15. The summed E-state index contributed by atoms with van der Waals surface area (Å²) < 4.78 is 27.0. The third-order valence-electron chi connectivity index (χ3n) is 3.13. The lowest BCUT2D eigenvalue weighted by Gasteiger charge is -2.17. The van der Waals surface area contributed by atoms with Crippen molar-refractivity contribution in [1.29, 1.82) is 0 Å². The van der Waals surface area contributed by atoms with Gasteiger partial charge < -0.3 is 0 Å². The van der Waals surface area contributed by atoms with E-state index in [0.29, 0.717) is 5.02 Å². The molecule has 2 aromatic rings. The molecule has 1 unspecified atom stereocenters. The van der Waals surface area contributed by atoms with Gasteiger partial charge in [0.25, 0.3) is 5.91 Å². The summed E-state index contributed by atoms with van der Waals surface area (Å²) >= 11 is 5.74. The van der Waals surface area contributed by atoms with Crippen LogP contribution < -0.4 is 10.2 Å². The van der Waals surface area contributed by atoms with Crippen molar-refractivity contribution in [2.45, 2.75) is 17.4 Å². The Morgan fingerprint density at radius 1 is 1.09 bits per heavy atom. The molecule has 2 aromatic carbocycles. The zero-order valence-electron chi connectivity index (χ0n) is 11.9. The molecule has 1 amide bonds. The summed E-state index contributed by atoms with van der Waals surface area (Å²) in [5, 5.41) is 9.24. The van der Waals surface area contributed by atoms with Crippen molar-refractivity contribution in [3.8, 4) is 0 Å². The van der Waals surface area contributed by atoms with Crippen molar-refractivity contribution >= 4 is 27.5 Å². The van der Waals surface area contributed by atoms with Gasteiger partial charge in [0.2, 0.25) is 10.0 Å². The molecule has 0 aliphatic heterocycles. The van der Waals surface area contributed by atoms with E-state index in [-0.39, 0.29) is 11.3 Å². The summed E-state index contributed by atoms with van der Waals surface area (Å²) in [4.78, 5) is 11.7. The predicted octanol–water partition coefficient (Wildman–Crippen LogP) is 1.73. The highest BCUT2D eigenvalue weighted by atomic mass is 35.5. The molecular formula is C15H15ClN2O4S. The average Bonchev–Trinajstić information content (AvgIpc) is 2.54. The molecule has 1 atom stereocenters. The number of benzene rings is 2. The summed E-state index contributed by atoms with van der Waals surface area (Å²) in [6.07, 6.45) is 0.0973. The van der Waals surface area contributed by atoms with Gasteiger partial charge >= 0.3 is 0 Å². The van der Waals surface area contributed by atoms with E-state index in [4.69, 9.17) is 16.8 Å². The van der Waals surface area contributed by atoms with Crippen molar-refractivity contribution in [2.24, 2.45) is 0 Å². The number of hydrogen-bond donors (Lipinski definition) is 3. The number of carbonyl (C=O) groups excluding carboxylic acids is 1. The third kappa shape index (κ3) is 4.77. The lowest BCUT2D eigenvalue weighted by atomic mass is 10.1. The molecule has 3 N–H and O–H groups in total. The second kappa shape index (κ2) is 7.56. The Morgan fingerprint density at radius 3 is 2.26 bits per heavy atom. The summed E-state index contributed by atoms with van der Waals surface area (Å²) in [6.45, 7) is 0. The smallest absolute Gasteiger partial charge is 0.261 e. The van der Waals surface area contributed by atoms with Crippen molar-refractivity contribution in [3.05, 3.63) is 65.2 Å². The van der Waals surface area contributed by atoms with Crippen molar-refractivity contribution in [1.82, 2.24) is 10.2 Å². The quantitative estimate of drug-likeness (QED) is 0.544. The zero-order chi connectivity index (χ0) is 16.9. The van der Waals surface area contributed by atoms with Crippen LogP contribution in [0.5, 0.6) is 0 Å². The van der Waals surface area contributed by atoms with E-state index in [1.165, 1.54) is 29.7 Å². The molecule has 0 aliphatic rings. The number of amides is 1. The Kier molecular flexibility index (Phi) is 5.73. The van der Waals surface area contributed by atoms with E-state index in [9.17, 15) is 13.2 Å². The molecule has 0 heterocycles. The number of hydrogen-bond acceptors (Lipinski definition) is 4. The minimum Gasteiger partial charge on any atom is -0.289 e. The van der Waals surface area contributed by atoms with Crippen LogP contribution in [0.25, 0.3) is 0 Å². The topological polar surface area (TPSA) is 95.5 Å². The van der Waals surface area contributed by atoms with Crippen LogP contribution in [0.3, 0.4) is 0 Å². The van der Waals surface area contributed by atoms with Crippen LogP contribution in [0, 0.1) is 0 Å². The van der Waals surface area contributed by atoms with Crippen molar-refractivity contribution in [3.63, 3.8) is 0 Å². The molecule has 0 fully saturated rings. The standard InChI is InChI=1S/C15H15ClN2O4S/c16-12-6-8-13(9-7-12)23(21,22)18-14(15(19)17-20)10-11-4-2-1-3-5-11/h1-9,14,18,20H,10H2,(H,17,19). The van der Waals surface area contributed by atoms with E-state index in [2.05, 4.69) is 4.72 Å². The zero-order valence-corrected chi connectivity index (χ0v) is 13.5. The van der Waals surface area contributed by atoms with E-state index in [0.717, 1.165) is 5.56 Å². The van der Waals surface area contributed by atoms with Gasteiger partial charge in [0.05, 0.1) is 4.90 Å². The summed E-state index contributed by atoms with van der Waals surface area (Å²) in [5.74, 6) is -0.841. The van der Waals surface area contributed by atoms with E-state index in [1.807, 2.05) is 6.07 Å². The molecule has 0 radical (unpaired) electrons. The van der Waals surface area contributed by atoms with Gasteiger partial charge in [-0.3, -0.25) is 10.0 Å². The summed E-state index contributed by atoms with van der Waals surface area (Å²) in [7, 11) is -3.93.